The van der Waals surface area contributed by atoms with Crippen LogP contribution in [-0.4, -0.2) is 36.5 Å². The highest BCUT2D eigenvalue weighted by molar-refractivity contribution is 5.83. The van der Waals surface area contributed by atoms with Crippen LogP contribution in [0, 0.1) is 6.92 Å². The van der Waals surface area contributed by atoms with Crippen molar-refractivity contribution in [3.05, 3.63) is 35.6 Å². The van der Waals surface area contributed by atoms with Crippen molar-refractivity contribution in [2.24, 2.45) is 5.73 Å². The van der Waals surface area contributed by atoms with Crippen LogP contribution in [-0.2, 0) is 11.3 Å². The maximum atomic E-state index is 11.6. The molecular formula is C15H19N3O2. The third-order valence-electron chi connectivity index (χ3n) is 3.94. The van der Waals surface area contributed by atoms with Crippen LogP contribution in [0.4, 0.5) is 0 Å². The van der Waals surface area contributed by atoms with Gasteiger partial charge in [0.1, 0.15) is 17.4 Å². The van der Waals surface area contributed by atoms with Gasteiger partial charge >= 0.3 is 0 Å². The third kappa shape index (κ3) is 2.30. The Hall–Kier alpha value is -1.85. The first-order valence-electron chi connectivity index (χ1n) is 6.88. The molecule has 1 saturated heterocycles. The zero-order valence-corrected chi connectivity index (χ0v) is 11.6. The number of nitrogens with one attached hydrogen (secondary N) is 1. The van der Waals surface area contributed by atoms with Crippen molar-refractivity contribution in [1.82, 2.24) is 10.2 Å². The molecule has 0 aliphatic carbocycles. The quantitative estimate of drug-likeness (QED) is 0.875. The smallest absolute Gasteiger partial charge is 0.236 e. The topological polar surface area (TPSA) is 71.5 Å². The van der Waals surface area contributed by atoms with Crippen molar-refractivity contribution >= 4 is 16.9 Å². The fraction of sp³-hybridized carbons (Fsp3) is 0.400. The van der Waals surface area contributed by atoms with Crippen LogP contribution in [0.5, 0.6) is 0 Å². The molecule has 1 aliphatic rings. The molecule has 3 N–H and O–H groups in total. The number of piperazine rings is 1. The molecule has 5 nitrogen and oxygen atoms in total. The molecule has 2 heterocycles. The first-order chi connectivity index (χ1) is 9.66. The summed E-state index contributed by atoms with van der Waals surface area (Å²) in [6.45, 7) is 4.96. The molecule has 1 aromatic carbocycles. The van der Waals surface area contributed by atoms with Gasteiger partial charge in [-0.15, -0.1) is 0 Å². The predicted molar refractivity (Wildman–Crippen MR) is 77.2 cm³/mol. The summed E-state index contributed by atoms with van der Waals surface area (Å²) >= 11 is 0. The summed E-state index contributed by atoms with van der Waals surface area (Å²) in [7, 11) is 0. The van der Waals surface area contributed by atoms with Gasteiger partial charge < -0.3 is 15.5 Å². The normalized spacial score (nSPS) is 20.4. The average molecular weight is 273 g/mol. The van der Waals surface area contributed by atoms with Gasteiger partial charge in [-0.1, -0.05) is 18.2 Å². The molecule has 1 aliphatic heterocycles. The SMILES string of the molecule is Cc1oc2ccccc2c1CN1CCNCC1C(N)=O. The van der Waals surface area contributed by atoms with Crippen molar-refractivity contribution in [2.45, 2.75) is 19.5 Å². The van der Waals surface area contributed by atoms with Gasteiger partial charge in [-0.3, -0.25) is 9.69 Å². The highest BCUT2D eigenvalue weighted by Crippen LogP contribution is 2.27. The van der Waals surface area contributed by atoms with Crippen LogP contribution < -0.4 is 11.1 Å². The highest BCUT2D eigenvalue weighted by Gasteiger charge is 2.28. The van der Waals surface area contributed by atoms with Gasteiger partial charge in [0, 0.05) is 37.1 Å². The third-order valence-corrected chi connectivity index (χ3v) is 3.94. The van der Waals surface area contributed by atoms with Crippen molar-refractivity contribution in [2.75, 3.05) is 19.6 Å². The molecule has 0 radical (unpaired) electrons. The van der Waals surface area contributed by atoms with Crippen molar-refractivity contribution in [1.29, 1.82) is 0 Å². The van der Waals surface area contributed by atoms with E-state index in [-0.39, 0.29) is 11.9 Å². The van der Waals surface area contributed by atoms with Crippen molar-refractivity contribution < 1.29 is 9.21 Å². The second-order valence-electron chi connectivity index (χ2n) is 5.23. The van der Waals surface area contributed by atoms with E-state index in [1.54, 1.807) is 0 Å². The van der Waals surface area contributed by atoms with Gasteiger partial charge in [-0.2, -0.15) is 0 Å². The molecule has 1 aromatic heterocycles. The Morgan fingerprint density at radius 3 is 3.10 bits per heavy atom. The van der Waals surface area contributed by atoms with E-state index in [4.69, 9.17) is 10.2 Å². The molecule has 1 amide bonds. The number of aryl methyl sites for hydroxylation is 1. The van der Waals surface area contributed by atoms with Crippen LogP contribution in [0.25, 0.3) is 11.0 Å². The van der Waals surface area contributed by atoms with E-state index in [1.807, 2.05) is 25.1 Å². The lowest BCUT2D eigenvalue weighted by molar-refractivity contribution is -0.124. The van der Waals surface area contributed by atoms with Crippen LogP contribution in [0.15, 0.2) is 28.7 Å². The second-order valence-corrected chi connectivity index (χ2v) is 5.23. The van der Waals surface area contributed by atoms with E-state index in [1.165, 1.54) is 0 Å². The summed E-state index contributed by atoms with van der Waals surface area (Å²) in [4.78, 5) is 13.7. The van der Waals surface area contributed by atoms with Crippen molar-refractivity contribution in [3.8, 4) is 0 Å². The lowest BCUT2D eigenvalue weighted by atomic mass is 10.1. The average Bonchev–Trinajstić information content (AvgIpc) is 2.76. The summed E-state index contributed by atoms with van der Waals surface area (Å²) < 4.78 is 5.78. The van der Waals surface area contributed by atoms with E-state index in [0.29, 0.717) is 13.1 Å². The summed E-state index contributed by atoms with van der Waals surface area (Å²) in [5.41, 5.74) is 7.53. The Balaban J connectivity index is 1.92. The molecule has 1 unspecified atom stereocenters. The molecule has 106 valence electrons. The fourth-order valence-electron chi connectivity index (χ4n) is 2.84. The van der Waals surface area contributed by atoms with Gasteiger partial charge in [0.2, 0.25) is 5.91 Å². The summed E-state index contributed by atoms with van der Waals surface area (Å²) in [5, 5.41) is 4.33. The zero-order valence-electron chi connectivity index (χ0n) is 11.6. The first kappa shape index (κ1) is 13.1. The van der Waals surface area contributed by atoms with Gasteiger partial charge in [0.25, 0.3) is 0 Å². The Bertz CT molecular complexity index is 635. The molecule has 20 heavy (non-hydrogen) atoms. The number of para-hydroxylation sites is 1. The standard InChI is InChI=1S/C15H19N3O2/c1-10-12(11-4-2-3-5-14(11)20-10)9-18-7-6-17-8-13(18)15(16)19/h2-5,13,17H,6-9H2,1H3,(H2,16,19). The number of nitrogens with zero attached hydrogens (tertiary/aromatic N) is 1. The lowest BCUT2D eigenvalue weighted by Gasteiger charge is -2.34. The Morgan fingerprint density at radius 2 is 2.30 bits per heavy atom. The maximum Gasteiger partial charge on any atom is 0.236 e. The number of benzene rings is 1. The Kier molecular flexibility index (Phi) is 3.46. The molecular weight excluding hydrogens is 254 g/mol. The Morgan fingerprint density at radius 1 is 1.50 bits per heavy atom. The van der Waals surface area contributed by atoms with Gasteiger partial charge in [0.05, 0.1) is 0 Å². The molecule has 0 bridgehead atoms. The van der Waals surface area contributed by atoms with E-state index >= 15 is 0 Å². The predicted octanol–water partition coefficient (Wildman–Crippen LogP) is 1.00. The second kappa shape index (κ2) is 5.26. The van der Waals surface area contributed by atoms with E-state index in [9.17, 15) is 4.79 Å². The molecule has 1 fully saturated rings. The zero-order chi connectivity index (χ0) is 14.1. The number of fused-ring (bicyclic) bond motifs is 1. The first-order valence-corrected chi connectivity index (χ1v) is 6.88. The Labute approximate surface area is 117 Å². The highest BCUT2D eigenvalue weighted by atomic mass is 16.3. The number of nitrogens with two attached hydrogens (primary N) is 1. The molecule has 2 aromatic rings. The number of furan rings is 1. The van der Waals surface area contributed by atoms with Gasteiger partial charge in [-0.05, 0) is 13.0 Å². The van der Waals surface area contributed by atoms with E-state index < -0.39 is 0 Å². The van der Waals surface area contributed by atoms with Crippen LogP contribution in [0.2, 0.25) is 0 Å². The maximum absolute atomic E-state index is 11.6. The van der Waals surface area contributed by atoms with Gasteiger partial charge in [-0.25, -0.2) is 0 Å². The minimum atomic E-state index is -0.275. The monoisotopic (exact) mass is 273 g/mol. The molecule has 3 rings (SSSR count). The molecule has 5 heteroatoms. The minimum Gasteiger partial charge on any atom is -0.461 e. The largest absolute Gasteiger partial charge is 0.461 e. The van der Waals surface area contributed by atoms with Crippen molar-refractivity contribution in [3.63, 3.8) is 0 Å². The summed E-state index contributed by atoms with van der Waals surface area (Å²) in [6.07, 6.45) is 0. The fourth-order valence-corrected chi connectivity index (χ4v) is 2.84. The summed E-state index contributed by atoms with van der Waals surface area (Å²) in [5.74, 6) is 0.635. The number of carbonyl (C=O) groups is 1. The summed E-state index contributed by atoms with van der Waals surface area (Å²) in [6, 6.07) is 7.74. The number of hydrogen-bond donors (Lipinski definition) is 2. The van der Waals surface area contributed by atoms with Gasteiger partial charge in [0.15, 0.2) is 0 Å². The number of carbonyl (C=O) groups excluding carboxylic acids is 1. The number of rotatable bonds is 3. The van der Waals surface area contributed by atoms with Crippen LogP contribution in [0.3, 0.4) is 0 Å². The molecule has 1 atom stereocenters. The molecule has 0 spiro atoms. The van der Waals surface area contributed by atoms with Crippen LogP contribution in [0.1, 0.15) is 11.3 Å². The number of primary amides is 1. The van der Waals surface area contributed by atoms with E-state index in [0.717, 1.165) is 35.4 Å². The molecule has 0 saturated carbocycles. The minimum absolute atomic E-state index is 0.253. The lowest BCUT2D eigenvalue weighted by Crippen LogP contribution is -2.56. The number of amides is 1. The van der Waals surface area contributed by atoms with E-state index in [2.05, 4.69) is 16.3 Å². The number of hydrogen-bond acceptors (Lipinski definition) is 4. The van der Waals surface area contributed by atoms with Crippen LogP contribution >= 0.6 is 0 Å².